The fourth-order valence-electron chi connectivity index (χ4n) is 1.45. The molecule has 0 aromatic carbocycles. The monoisotopic (exact) mass is 283 g/mol. The number of anilines is 1. The molecule has 8 heteroatoms. The summed E-state index contributed by atoms with van der Waals surface area (Å²) in [4.78, 5) is 4.69. The lowest BCUT2D eigenvalue weighted by molar-refractivity contribution is -0.119. The summed E-state index contributed by atoms with van der Waals surface area (Å²) in [7, 11) is 0. The molecule has 0 saturated carbocycles. The first-order valence-corrected chi connectivity index (χ1v) is 5.53. The van der Waals surface area contributed by atoms with Crippen molar-refractivity contribution in [1.82, 2.24) is 4.98 Å². The van der Waals surface area contributed by atoms with E-state index in [1.165, 1.54) is 12.3 Å². The Balaban J connectivity index is 3.05. The predicted octanol–water partition coefficient (Wildman–Crippen LogP) is 1.55. The highest BCUT2D eigenvalue weighted by molar-refractivity contribution is 6.33. The quantitative estimate of drug-likeness (QED) is 0.861. The molecule has 1 aromatic rings. The maximum atomic E-state index is 12.4. The van der Waals surface area contributed by atoms with Crippen molar-refractivity contribution in [1.29, 1.82) is 0 Å². The first-order chi connectivity index (χ1) is 8.39. The smallest absolute Gasteiger partial charge is 0.395 e. The second kappa shape index (κ2) is 6.21. The lowest BCUT2D eigenvalue weighted by Gasteiger charge is -2.25. The van der Waals surface area contributed by atoms with E-state index in [9.17, 15) is 13.2 Å². The third-order valence-electron chi connectivity index (χ3n) is 2.21. The minimum atomic E-state index is -4.40. The van der Waals surface area contributed by atoms with Crippen LogP contribution in [0.3, 0.4) is 0 Å². The molecule has 0 aliphatic carbocycles. The minimum absolute atomic E-state index is 0.0222. The van der Waals surface area contributed by atoms with Gasteiger partial charge in [0.25, 0.3) is 0 Å². The van der Waals surface area contributed by atoms with E-state index >= 15 is 0 Å². The van der Waals surface area contributed by atoms with E-state index in [0.717, 1.165) is 4.90 Å². The van der Waals surface area contributed by atoms with Crippen molar-refractivity contribution in [2.45, 2.75) is 12.7 Å². The highest BCUT2D eigenvalue weighted by Gasteiger charge is 2.32. The van der Waals surface area contributed by atoms with Crippen molar-refractivity contribution in [3.8, 4) is 0 Å². The molecule has 0 spiro atoms. The summed E-state index contributed by atoms with van der Waals surface area (Å²) in [6, 6.07) is 1.54. The van der Waals surface area contributed by atoms with E-state index in [2.05, 4.69) is 4.98 Å². The van der Waals surface area contributed by atoms with Crippen LogP contribution in [0.15, 0.2) is 12.3 Å². The number of aromatic nitrogens is 1. The summed E-state index contributed by atoms with van der Waals surface area (Å²) >= 11 is 5.94. The zero-order valence-electron chi connectivity index (χ0n) is 9.41. The predicted molar refractivity (Wildman–Crippen MR) is 62.5 cm³/mol. The first-order valence-electron chi connectivity index (χ1n) is 5.15. The zero-order valence-corrected chi connectivity index (χ0v) is 10.2. The van der Waals surface area contributed by atoms with Gasteiger partial charge in [0, 0.05) is 19.3 Å². The number of alkyl halides is 3. The number of halogens is 4. The van der Waals surface area contributed by atoms with Crippen LogP contribution in [0.2, 0.25) is 5.02 Å². The fraction of sp³-hybridized carbons (Fsp3) is 0.500. The number of nitrogens with two attached hydrogens (primary N) is 1. The maximum absolute atomic E-state index is 12.4. The van der Waals surface area contributed by atoms with Gasteiger partial charge in [-0.2, -0.15) is 13.2 Å². The van der Waals surface area contributed by atoms with Crippen LogP contribution in [-0.2, 0) is 6.54 Å². The van der Waals surface area contributed by atoms with Crippen LogP contribution in [0.1, 0.15) is 5.56 Å². The second-order valence-corrected chi connectivity index (χ2v) is 3.95. The van der Waals surface area contributed by atoms with Gasteiger partial charge in [-0.3, -0.25) is 0 Å². The van der Waals surface area contributed by atoms with Crippen LogP contribution < -0.4 is 10.6 Å². The van der Waals surface area contributed by atoms with Gasteiger partial charge in [0.15, 0.2) is 0 Å². The number of rotatable bonds is 5. The largest absolute Gasteiger partial charge is 0.405 e. The van der Waals surface area contributed by atoms with Crippen molar-refractivity contribution in [3.63, 3.8) is 0 Å². The molecule has 1 rings (SSSR count). The SMILES string of the molecule is NCc1ccnc(N(CCO)CC(F)(F)F)c1Cl. The Morgan fingerprint density at radius 2 is 2.11 bits per heavy atom. The highest BCUT2D eigenvalue weighted by Crippen LogP contribution is 2.29. The van der Waals surface area contributed by atoms with Crippen LogP contribution >= 0.6 is 11.6 Å². The standard InChI is InChI=1S/C10H13ClF3N3O/c11-8-7(5-15)1-2-16-9(8)17(3-4-18)6-10(12,13)14/h1-2,18H,3-6,15H2. The molecule has 0 bridgehead atoms. The van der Waals surface area contributed by atoms with E-state index in [1.54, 1.807) is 0 Å². The van der Waals surface area contributed by atoms with E-state index in [4.69, 9.17) is 22.4 Å². The summed E-state index contributed by atoms with van der Waals surface area (Å²) in [5, 5.41) is 8.89. The summed E-state index contributed by atoms with van der Waals surface area (Å²) < 4.78 is 37.2. The Labute approximate surface area is 107 Å². The third kappa shape index (κ3) is 4.01. The molecule has 3 N–H and O–H groups in total. The number of hydrogen-bond donors (Lipinski definition) is 2. The molecule has 0 radical (unpaired) electrons. The Hall–Kier alpha value is -1.05. The number of aliphatic hydroxyl groups excluding tert-OH is 1. The molecule has 0 atom stereocenters. The topological polar surface area (TPSA) is 62.4 Å². The average Bonchev–Trinajstić information content (AvgIpc) is 2.27. The molecular formula is C10H13ClF3N3O. The van der Waals surface area contributed by atoms with Crippen molar-refractivity contribution < 1.29 is 18.3 Å². The fourth-order valence-corrected chi connectivity index (χ4v) is 1.75. The molecule has 102 valence electrons. The molecule has 1 heterocycles. The van der Waals surface area contributed by atoms with Gasteiger partial charge in [-0.05, 0) is 11.6 Å². The third-order valence-corrected chi connectivity index (χ3v) is 2.62. The number of aliphatic hydroxyl groups is 1. The van der Waals surface area contributed by atoms with Gasteiger partial charge in [0.2, 0.25) is 0 Å². The van der Waals surface area contributed by atoms with E-state index in [1.807, 2.05) is 0 Å². The summed E-state index contributed by atoms with van der Waals surface area (Å²) in [6.07, 6.45) is -3.07. The first kappa shape index (κ1) is 15.0. The van der Waals surface area contributed by atoms with Gasteiger partial charge < -0.3 is 15.7 Å². The highest BCUT2D eigenvalue weighted by atomic mass is 35.5. The summed E-state index contributed by atoms with van der Waals surface area (Å²) in [5.41, 5.74) is 5.92. The molecule has 0 fully saturated rings. The van der Waals surface area contributed by atoms with Crippen molar-refractivity contribution in [2.24, 2.45) is 5.73 Å². The Morgan fingerprint density at radius 3 is 2.61 bits per heavy atom. The molecule has 0 aliphatic rings. The van der Waals surface area contributed by atoms with Crippen LogP contribution in [0.25, 0.3) is 0 Å². The summed E-state index contributed by atoms with van der Waals surface area (Å²) in [6.45, 7) is -1.76. The van der Waals surface area contributed by atoms with E-state index in [-0.39, 0.29) is 23.9 Å². The lowest BCUT2D eigenvalue weighted by Crippen LogP contribution is -2.37. The Kier molecular flexibility index (Phi) is 5.18. The number of pyridine rings is 1. The number of hydrogen-bond acceptors (Lipinski definition) is 4. The zero-order chi connectivity index (χ0) is 13.8. The van der Waals surface area contributed by atoms with Crippen molar-refractivity contribution >= 4 is 17.4 Å². The molecule has 1 aromatic heterocycles. The Bertz CT molecular complexity index is 400. The van der Waals surface area contributed by atoms with Crippen LogP contribution in [0.4, 0.5) is 19.0 Å². The molecule has 0 amide bonds. The second-order valence-electron chi connectivity index (χ2n) is 3.57. The average molecular weight is 284 g/mol. The van der Waals surface area contributed by atoms with Crippen LogP contribution in [0.5, 0.6) is 0 Å². The number of nitrogens with zero attached hydrogens (tertiary/aromatic N) is 2. The van der Waals surface area contributed by atoms with Gasteiger partial charge in [0.1, 0.15) is 12.4 Å². The molecule has 0 saturated heterocycles. The van der Waals surface area contributed by atoms with Gasteiger partial charge >= 0.3 is 6.18 Å². The van der Waals surface area contributed by atoms with Crippen molar-refractivity contribution in [3.05, 3.63) is 22.8 Å². The molecule has 4 nitrogen and oxygen atoms in total. The van der Waals surface area contributed by atoms with Crippen LogP contribution in [-0.4, -0.2) is 36.0 Å². The van der Waals surface area contributed by atoms with Gasteiger partial charge in [-0.1, -0.05) is 11.6 Å². The van der Waals surface area contributed by atoms with E-state index < -0.39 is 19.3 Å². The molecular weight excluding hydrogens is 271 g/mol. The van der Waals surface area contributed by atoms with Crippen LogP contribution in [0, 0.1) is 0 Å². The van der Waals surface area contributed by atoms with Gasteiger partial charge in [-0.15, -0.1) is 0 Å². The molecule has 0 aliphatic heterocycles. The Morgan fingerprint density at radius 1 is 1.44 bits per heavy atom. The van der Waals surface area contributed by atoms with Crippen molar-refractivity contribution in [2.75, 3.05) is 24.6 Å². The minimum Gasteiger partial charge on any atom is -0.395 e. The maximum Gasteiger partial charge on any atom is 0.405 e. The van der Waals surface area contributed by atoms with Gasteiger partial charge in [-0.25, -0.2) is 4.98 Å². The van der Waals surface area contributed by atoms with Gasteiger partial charge in [0.05, 0.1) is 11.6 Å². The van der Waals surface area contributed by atoms with E-state index in [0.29, 0.717) is 5.56 Å². The summed E-state index contributed by atoms with van der Waals surface area (Å²) in [5.74, 6) is -0.0222. The normalized spacial score (nSPS) is 11.7. The lowest BCUT2D eigenvalue weighted by atomic mass is 10.2. The molecule has 18 heavy (non-hydrogen) atoms. The molecule has 0 unspecified atom stereocenters.